The molecule has 112 valence electrons. The molecule has 1 N–H and O–H groups in total. The molecule has 0 spiro atoms. The Kier molecular flexibility index (Phi) is 7.78. The molecule has 0 bridgehead atoms. The predicted octanol–water partition coefficient (Wildman–Crippen LogP) is 3.93. The standard InChI is InChI=1S/C17H27NO2/c1-4-6-8-11-14(3)18-17(19)16(5-2)20-15-12-9-7-10-13-15/h7,9-10,12-14,16H,4-6,8,11H2,1-3H3,(H,18,19)/t14-,16+/m0/s1. The number of carbonyl (C=O) groups is 1. The van der Waals surface area contributed by atoms with Gasteiger partial charge in [-0.15, -0.1) is 0 Å². The molecule has 20 heavy (non-hydrogen) atoms. The average Bonchev–Trinajstić information content (AvgIpc) is 2.46. The van der Waals surface area contributed by atoms with Crippen LogP contribution >= 0.6 is 0 Å². The summed E-state index contributed by atoms with van der Waals surface area (Å²) >= 11 is 0. The molecule has 1 aromatic rings. The van der Waals surface area contributed by atoms with E-state index in [1.165, 1.54) is 12.8 Å². The van der Waals surface area contributed by atoms with Crippen LogP contribution in [0.5, 0.6) is 5.75 Å². The van der Waals surface area contributed by atoms with Crippen LogP contribution in [0.25, 0.3) is 0 Å². The third-order valence-electron chi connectivity index (χ3n) is 3.31. The second-order valence-electron chi connectivity index (χ2n) is 5.23. The zero-order chi connectivity index (χ0) is 14.8. The Labute approximate surface area is 122 Å². The fraction of sp³-hybridized carbons (Fsp3) is 0.588. The Hall–Kier alpha value is -1.51. The topological polar surface area (TPSA) is 38.3 Å². The lowest BCUT2D eigenvalue weighted by molar-refractivity contribution is -0.128. The number of ether oxygens (including phenoxy) is 1. The summed E-state index contributed by atoms with van der Waals surface area (Å²) < 4.78 is 5.74. The summed E-state index contributed by atoms with van der Waals surface area (Å²) in [7, 11) is 0. The first-order chi connectivity index (χ1) is 9.67. The molecule has 1 rings (SSSR count). The molecule has 0 saturated carbocycles. The number of unbranched alkanes of at least 4 members (excludes halogenated alkanes) is 2. The maximum atomic E-state index is 12.2. The zero-order valence-corrected chi connectivity index (χ0v) is 12.9. The minimum Gasteiger partial charge on any atom is -0.481 e. The number of amides is 1. The molecule has 0 saturated heterocycles. The van der Waals surface area contributed by atoms with Crippen LogP contribution in [0.4, 0.5) is 0 Å². The number of para-hydroxylation sites is 1. The smallest absolute Gasteiger partial charge is 0.261 e. The summed E-state index contributed by atoms with van der Waals surface area (Å²) in [6.07, 6.45) is 4.87. The van der Waals surface area contributed by atoms with E-state index in [4.69, 9.17) is 4.74 Å². The van der Waals surface area contributed by atoms with E-state index in [1.54, 1.807) is 0 Å². The molecule has 3 nitrogen and oxygen atoms in total. The normalized spacial score (nSPS) is 13.6. The Morgan fingerprint density at radius 1 is 1.20 bits per heavy atom. The molecule has 0 radical (unpaired) electrons. The highest BCUT2D eigenvalue weighted by molar-refractivity contribution is 5.81. The summed E-state index contributed by atoms with van der Waals surface area (Å²) in [6.45, 7) is 6.21. The third kappa shape index (κ3) is 6.09. The first-order valence-electron chi connectivity index (χ1n) is 7.69. The first kappa shape index (κ1) is 16.5. The van der Waals surface area contributed by atoms with Gasteiger partial charge in [0.05, 0.1) is 0 Å². The van der Waals surface area contributed by atoms with Gasteiger partial charge in [-0.05, 0) is 31.9 Å². The third-order valence-corrected chi connectivity index (χ3v) is 3.31. The van der Waals surface area contributed by atoms with E-state index in [9.17, 15) is 4.79 Å². The van der Waals surface area contributed by atoms with Gasteiger partial charge < -0.3 is 10.1 Å². The molecular weight excluding hydrogens is 250 g/mol. The van der Waals surface area contributed by atoms with Crippen LogP contribution in [0.1, 0.15) is 52.9 Å². The van der Waals surface area contributed by atoms with Crippen LogP contribution in [-0.2, 0) is 4.79 Å². The van der Waals surface area contributed by atoms with Gasteiger partial charge in [0.25, 0.3) is 5.91 Å². The molecule has 0 unspecified atom stereocenters. The van der Waals surface area contributed by atoms with Crippen molar-refractivity contribution in [3.63, 3.8) is 0 Å². The van der Waals surface area contributed by atoms with Gasteiger partial charge >= 0.3 is 0 Å². The van der Waals surface area contributed by atoms with Crippen molar-refractivity contribution < 1.29 is 9.53 Å². The molecule has 2 atom stereocenters. The number of rotatable bonds is 9. The highest BCUT2D eigenvalue weighted by atomic mass is 16.5. The fourth-order valence-electron chi connectivity index (χ4n) is 2.09. The van der Waals surface area contributed by atoms with Crippen molar-refractivity contribution in [1.82, 2.24) is 5.32 Å². The molecule has 0 aliphatic heterocycles. The van der Waals surface area contributed by atoms with Crippen LogP contribution < -0.4 is 10.1 Å². The van der Waals surface area contributed by atoms with E-state index in [-0.39, 0.29) is 11.9 Å². The van der Waals surface area contributed by atoms with E-state index >= 15 is 0 Å². The van der Waals surface area contributed by atoms with E-state index < -0.39 is 6.10 Å². The SMILES string of the molecule is CCCCC[C@H](C)NC(=O)[C@@H](CC)Oc1ccccc1. The van der Waals surface area contributed by atoms with Gasteiger partial charge in [0.2, 0.25) is 0 Å². The highest BCUT2D eigenvalue weighted by Crippen LogP contribution is 2.13. The molecule has 0 heterocycles. The molecular formula is C17H27NO2. The van der Waals surface area contributed by atoms with Crippen molar-refractivity contribution in [3.05, 3.63) is 30.3 Å². The molecule has 0 aliphatic carbocycles. The van der Waals surface area contributed by atoms with Crippen molar-refractivity contribution in [1.29, 1.82) is 0 Å². The quantitative estimate of drug-likeness (QED) is 0.695. The average molecular weight is 277 g/mol. The second-order valence-corrected chi connectivity index (χ2v) is 5.23. The molecule has 1 aromatic carbocycles. The van der Waals surface area contributed by atoms with Gasteiger partial charge in [-0.3, -0.25) is 4.79 Å². The number of hydrogen-bond acceptors (Lipinski definition) is 2. The van der Waals surface area contributed by atoms with Crippen LogP contribution in [0.15, 0.2) is 30.3 Å². The Bertz CT molecular complexity index is 378. The molecule has 3 heteroatoms. The Morgan fingerprint density at radius 2 is 1.90 bits per heavy atom. The fourth-order valence-corrected chi connectivity index (χ4v) is 2.09. The Balaban J connectivity index is 2.42. The summed E-state index contributed by atoms with van der Waals surface area (Å²) in [4.78, 5) is 12.2. The minimum absolute atomic E-state index is 0.0136. The lowest BCUT2D eigenvalue weighted by atomic mass is 10.1. The molecule has 0 fully saturated rings. The van der Waals surface area contributed by atoms with Crippen molar-refractivity contribution in [2.24, 2.45) is 0 Å². The summed E-state index contributed by atoms with van der Waals surface area (Å²) in [5, 5.41) is 3.05. The van der Waals surface area contributed by atoms with Gasteiger partial charge in [0.15, 0.2) is 6.10 Å². The summed E-state index contributed by atoms with van der Waals surface area (Å²) in [5.74, 6) is 0.730. The lowest BCUT2D eigenvalue weighted by Crippen LogP contribution is -2.42. The highest BCUT2D eigenvalue weighted by Gasteiger charge is 2.19. The number of benzene rings is 1. The van der Waals surface area contributed by atoms with Crippen LogP contribution in [-0.4, -0.2) is 18.1 Å². The maximum absolute atomic E-state index is 12.2. The molecule has 1 amide bonds. The van der Waals surface area contributed by atoms with Gasteiger partial charge in [-0.2, -0.15) is 0 Å². The van der Waals surface area contributed by atoms with E-state index in [0.29, 0.717) is 6.42 Å². The zero-order valence-electron chi connectivity index (χ0n) is 12.9. The predicted molar refractivity (Wildman–Crippen MR) is 82.9 cm³/mol. The van der Waals surface area contributed by atoms with Crippen molar-refractivity contribution in [3.8, 4) is 5.75 Å². The van der Waals surface area contributed by atoms with Gasteiger partial charge in [-0.1, -0.05) is 51.3 Å². The van der Waals surface area contributed by atoms with Crippen LogP contribution in [0.2, 0.25) is 0 Å². The number of nitrogens with one attached hydrogen (secondary N) is 1. The second kappa shape index (κ2) is 9.40. The van der Waals surface area contributed by atoms with E-state index in [2.05, 4.69) is 19.2 Å². The molecule has 0 aromatic heterocycles. The van der Waals surface area contributed by atoms with Crippen molar-refractivity contribution >= 4 is 5.91 Å². The Morgan fingerprint density at radius 3 is 2.50 bits per heavy atom. The van der Waals surface area contributed by atoms with Crippen LogP contribution in [0.3, 0.4) is 0 Å². The number of hydrogen-bond donors (Lipinski definition) is 1. The van der Waals surface area contributed by atoms with Crippen LogP contribution in [0, 0.1) is 0 Å². The number of carbonyl (C=O) groups excluding carboxylic acids is 1. The lowest BCUT2D eigenvalue weighted by Gasteiger charge is -2.20. The minimum atomic E-state index is -0.411. The maximum Gasteiger partial charge on any atom is 0.261 e. The summed E-state index contributed by atoms with van der Waals surface area (Å²) in [5.41, 5.74) is 0. The van der Waals surface area contributed by atoms with E-state index in [0.717, 1.165) is 18.6 Å². The van der Waals surface area contributed by atoms with Gasteiger partial charge in [-0.25, -0.2) is 0 Å². The first-order valence-corrected chi connectivity index (χ1v) is 7.69. The van der Waals surface area contributed by atoms with Gasteiger partial charge in [0, 0.05) is 6.04 Å². The summed E-state index contributed by atoms with van der Waals surface area (Å²) in [6, 6.07) is 9.72. The van der Waals surface area contributed by atoms with Gasteiger partial charge in [0.1, 0.15) is 5.75 Å². The monoisotopic (exact) mass is 277 g/mol. The van der Waals surface area contributed by atoms with Crippen molar-refractivity contribution in [2.45, 2.75) is 65.0 Å². The molecule has 0 aliphatic rings. The van der Waals surface area contributed by atoms with E-state index in [1.807, 2.05) is 37.3 Å². The largest absolute Gasteiger partial charge is 0.481 e. The van der Waals surface area contributed by atoms with Crippen molar-refractivity contribution in [2.75, 3.05) is 0 Å².